The molecule has 0 radical (unpaired) electrons. The van der Waals surface area contributed by atoms with Gasteiger partial charge in [0.2, 0.25) is 0 Å². The lowest BCUT2D eigenvalue weighted by Crippen LogP contribution is -2.41. The maximum absolute atomic E-state index is 6.26. The average Bonchev–Trinajstić information content (AvgIpc) is 1.60. The van der Waals surface area contributed by atoms with Gasteiger partial charge in [-0.05, 0) is 165 Å². The maximum Gasteiger partial charge on any atom is 0.495 e. The van der Waals surface area contributed by atoms with E-state index in [4.69, 9.17) is 20.9 Å². The highest BCUT2D eigenvalue weighted by atomic mass is 79.9. The van der Waals surface area contributed by atoms with Crippen LogP contribution in [0, 0.1) is 0 Å². The van der Waals surface area contributed by atoms with Gasteiger partial charge < -0.3 is 37.9 Å². The first-order valence-electron chi connectivity index (χ1n) is 29.6. The zero-order valence-electron chi connectivity index (χ0n) is 51.5. The number of nitrogens with one attached hydrogen (secondary N) is 2. The first-order valence-corrected chi connectivity index (χ1v) is 31.6. The van der Waals surface area contributed by atoms with Gasteiger partial charge in [0.1, 0.15) is 0 Å². The highest BCUT2D eigenvalue weighted by molar-refractivity contribution is 9.11. The van der Waals surface area contributed by atoms with Gasteiger partial charge in [-0.1, -0.05) is 98.1 Å². The molecular formula is C73H67BBr2ClN11O2. The number of aryl methyl sites for hydroxylation is 4. The third-order valence-corrected chi connectivity index (χ3v) is 18.6. The van der Waals surface area contributed by atoms with Gasteiger partial charge in [0.15, 0.2) is 0 Å². The lowest BCUT2D eigenvalue weighted by Gasteiger charge is -2.32. The second kappa shape index (κ2) is 25.9. The highest BCUT2D eigenvalue weighted by Crippen LogP contribution is 2.39. The summed E-state index contributed by atoms with van der Waals surface area (Å²) in [6.45, 7) is 10.5. The van der Waals surface area contributed by atoms with E-state index < -0.39 is 0 Å². The summed E-state index contributed by atoms with van der Waals surface area (Å²) in [4.78, 5) is 25.4. The predicted molar refractivity (Wildman–Crippen MR) is 379 cm³/mol. The number of nitrogens with zero attached hydrogens (tertiary/aromatic N) is 9. The molecule has 9 heterocycles. The van der Waals surface area contributed by atoms with Crippen molar-refractivity contribution in [2.45, 2.75) is 51.9 Å². The van der Waals surface area contributed by atoms with E-state index in [2.05, 4.69) is 287 Å². The number of H-pyrrole nitrogens is 1. The second-order valence-electron chi connectivity index (χ2n) is 23.4. The molecule has 15 aromatic rings. The lowest BCUT2D eigenvalue weighted by molar-refractivity contribution is 0.00578. The van der Waals surface area contributed by atoms with Crippen molar-refractivity contribution in [3.63, 3.8) is 0 Å². The van der Waals surface area contributed by atoms with Crippen LogP contribution < -0.4 is 10.8 Å². The van der Waals surface area contributed by atoms with Gasteiger partial charge in [-0.2, -0.15) is 0 Å². The van der Waals surface area contributed by atoms with Crippen LogP contribution in [0.15, 0.2) is 235 Å². The van der Waals surface area contributed by atoms with Gasteiger partial charge in [0.25, 0.3) is 0 Å². The molecule has 0 spiro atoms. The van der Waals surface area contributed by atoms with Crippen LogP contribution in [0.3, 0.4) is 0 Å². The Kier molecular flexibility index (Phi) is 17.7. The number of pyridine rings is 1. The Morgan fingerprint density at radius 3 is 1.56 bits per heavy atom. The molecule has 17 heteroatoms. The van der Waals surface area contributed by atoms with Crippen LogP contribution in [-0.2, 0) is 37.5 Å². The Labute approximate surface area is 545 Å². The molecule has 2 N–H and O–H groups in total. The largest absolute Gasteiger partial charge is 0.495 e. The number of fused-ring (bicyclic) bond motifs is 7. The molecule has 16 rings (SSSR count). The smallest absolute Gasteiger partial charge is 0.399 e. The van der Waals surface area contributed by atoms with Crippen LogP contribution in [0.5, 0.6) is 0 Å². The number of aromatic nitrogens is 10. The van der Waals surface area contributed by atoms with Crippen LogP contribution in [-0.4, -0.2) is 66.5 Å². The molecule has 0 aliphatic carbocycles. The van der Waals surface area contributed by atoms with Crippen LogP contribution in [0.25, 0.3) is 98.8 Å². The molecule has 0 bridgehead atoms. The quantitative estimate of drug-likeness (QED) is 0.157. The standard InChI is InChI=1S/C24H21N5.C17H12ClN3.C15H20BNO2.C9H8BrN.C8H6BrN/c1-16(17-5-4-9-25-15-17)28-18-13-21(24-22(14-18)26-10-11-27-24)19-6-3-7-23-20(19)8-12-29(23)2;1-21-8-5-13-12(3-2-4-16(13)21)14-9-11(18)10-15-17(14)20-7-6-19-15;1-14(2)15(3,4)19-16(18-14)12-7-6-8-13-11(12)9-10-17(13)5;1-11-6-5-7-8(10)3-2-4-9(7)11;9-7-2-1-3-8-6(7)4-5-10-8/h3-16,28H,1-2H3;2-10H,1H3;6-10H,1-5H3;2-6H,1H3;1-5,10H. The highest BCUT2D eigenvalue weighted by Gasteiger charge is 2.52. The molecule has 1 saturated heterocycles. The number of halogens is 3. The Balaban J connectivity index is 0.000000115. The molecule has 450 valence electrons. The van der Waals surface area contributed by atoms with Crippen molar-refractivity contribution in [1.29, 1.82) is 0 Å². The predicted octanol–water partition coefficient (Wildman–Crippen LogP) is 18.1. The van der Waals surface area contributed by atoms with E-state index >= 15 is 0 Å². The van der Waals surface area contributed by atoms with E-state index in [0.29, 0.717) is 5.02 Å². The molecule has 0 saturated carbocycles. The molecule has 7 aromatic carbocycles. The van der Waals surface area contributed by atoms with Crippen LogP contribution >= 0.6 is 43.5 Å². The third kappa shape index (κ3) is 12.5. The summed E-state index contributed by atoms with van der Waals surface area (Å²) in [5.41, 5.74) is 16.5. The van der Waals surface area contributed by atoms with Crippen molar-refractivity contribution in [1.82, 2.24) is 48.2 Å². The Hall–Kier alpha value is -8.90. The van der Waals surface area contributed by atoms with Gasteiger partial charge >= 0.3 is 7.12 Å². The van der Waals surface area contributed by atoms with Crippen molar-refractivity contribution in [2.75, 3.05) is 5.32 Å². The van der Waals surface area contributed by atoms with Crippen molar-refractivity contribution < 1.29 is 9.31 Å². The fourth-order valence-electron chi connectivity index (χ4n) is 11.5. The van der Waals surface area contributed by atoms with Gasteiger partial charge in [-0.15, -0.1) is 0 Å². The fraction of sp³-hybridized carbons (Fsp3) is 0.164. The molecule has 13 nitrogen and oxygen atoms in total. The van der Waals surface area contributed by atoms with E-state index in [1.165, 1.54) is 54.5 Å². The van der Waals surface area contributed by atoms with Crippen LogP contribution in [0.4, 0.5) is 5.69 Å². The summed E-state index contributed by atoms with van der Waals surface area (Å²) >= 11 is 13.2. The first kappa shape index (κ1) is 61.3. The summed E-state index contributed by atoms with van der Waals surface area (Å²) in [7, 11) is 7.92. The minimum absolute atomic E-state index is 0.123. The summed E-state index contributed by atoms with van der Waals surface area (Å²) in [6, 6.07) is 54.0. The average molecular weight is 1340 g/mol. The topological polar surface area (TPSA) is 130 Å². The van der Waals surface area contributed by atoms with E-state index in [-0.39, 0.29) is 24.4 Å². The van der Waals surface area contributed by atoms with Gasteiger partial charge in [0, 0.05) is 176 Å². The maximum atomic E-state index is 6.26. The summed E-state index contributed by atoms with van der Waals surface area (Å²) < 4.78 is 23.1. The molecule has 1 fully saturated rings. The Morgan fingerprint density at radius 2 is 0.989 bits per heavy atom. The molecule has 1 aliphatic rings. The molecule has 0 amide bonds. The monoisotopic (exact) mass is 1330 g/mol. The minimum Gasteiger partial charge on any atom is -0.399 e. The first-order chi connectivity index (χ1) is 43.4. The zero-order chi connectivity index (χ0) is 62.8. The molecular weight excluding hydrogens is 1270 g/mol. The molecule has 1 aliphatic heterocycles. The van der Waals surface area contributed by atoms with Crippen molar-refractivity contribution >= 4 is 138 Å². The zero-order valence-corrected chi connectivity index (χ0v) is 55.4. The van der Waals surface area contributed by atoms with E-state index in [1.54, 1.807) is 31.0 Å². The summed E-state index contributed by atoms with van der Waals surface area (Å²) in [6.07, 6.45) is 20.8. The van der Waals surface area contributed by atoms with E-state index in [0.717, 1.165) is 70.0 Å². The van der Waals surface area contributed by atoms with Crippen LogP contribution in [0.2, 0.25) is 5.02 Å². The lowest BCUT2D eigenvalue weighted by atomic mass is 9.77. The van der Waals surface area contributed by atoms with Gasteiger partial charge in [-0.3, -0.25) is 24.9 Å². The number of anilines is 1. The van der Waals surface area contributed by atoms with E-state index in [1.807, 2.05) is 55.8 Å². The van der Waals surface area contributed by atoms with Crippen LogP contribution in [0.1, 0.15) is 46.2 Å². The molecule has 1 atom stereocenters. The van der Waals surface area contributed by atoms with E-state index in [9.17, 15) is 0 Å². The number of hydrogen-bond acceptors (Lipinski definition) is 8. The number of aromatic amines is 1. The normalized spacial score (nSPS) is 13.6. The van der Waals surface area contributed by atoms with Crippen molar-refractivity contribution in [2.24, 2.45) is 28.2 Å². The molecule has 90 heavy (non-hydrogen) atoms. The summed E-state index contributed by atoms with van der Waals surface area (Å²) in [5.74, 6) is 0. The summed E-state index contributed by atoms with van der Waals surface area (Å²) in [5, 5.41) is 10.4. The number of hydrogen-bond donors (Lipinski definition) is 2. The molecule has 1 unspecified atom stereocenters. The Bertz CT molecular complexity index is 5040. The van der Waals surface area contributed by atoms with Gasteiger partial charge in [-0.25, -0.2) is 0 Å². The number of rotatable bonds is 6. The Morgan fingerprint density at radius 1 is 0.500 bits per heavy atom. The molecule has 8 aromatic heterocycles. The van der Waals surface area contributed by atoms with Gasteiger partial charge in [0.05, 0.1) is 39.3 Å². The SMILES string of the molecule is Brc1cccc2[nH]ccc12.CC(Nc1cc(-c2cccc3c2ccn3C)c2nccnc2c1)c1cccnc1.Cn1ccc2c(-c3cc(Cl)cc4nccnc34)cccc21.Cn1ccc2c(B3OC(C)(C)C(C)(C)O3)cccc21.Cn1ccc2c(Br)cccc21. The minimum atomic E-state index is -0.297. The number of benzene rings is 7. The second-order valence-corrected chi connectivity index (χ2v) is 25.5. The van der Waals surface area contributed by atoms with Crippen molar-refractivity contribution in [3.05, 3.63) is 245 Å². The third-order valence-electron chi connectivity index (χ3n) is 17.0. The fourth-order valence-corrected chi connectivity index (χ4v) is 12.7. The van der Waals surface area contributed by atoms with Crippen molar-refractivity contribution in [3.8, 4) is 22.3 Å².